The van der Waals surface area contributed by atoms with Gasteiger partial charge in [-0.15, -0.1) is 0 Å². The van der Waals surface area contributed by atoms with Gasteiger partial charge in [0.2, 0.25) is 5.82 Å². The van der Waals surface area contributed by atoms with E-state index in [2.05, 4.69) is 20.1 Å². The maximum atomic E-state index is 10.7. The average Bonchev–Trinajstić information content (AvgIpc) is 2.97. The normalized spacial score (nSPS) is 10.5. The summed E-state index contributed by atoms with van der Waals surface area (Å²) >= 11 is 0. The predicted molar refractivity (Wildman–Crippen MR) is 71.8 cm³/mol. The number of hydrogen-bond acceptors (Lipinski definition) is 8. The molecule has 0 bridgehead atoms. The van der Waals surface area contributed by atoms with Crippen molar-refractivity contribution in [3.05, 3.63) is 46.9 Å². The Balaban J connectivity index is 1.99. The number of nitro benzene ring substituents is 1. The van der Waals surface area contributed by atoms with Crippen molar-refractivity contribution >= 4 is 11.4 Å². The molecule has 2 heterocycles. The van der Waals surface area contributed by atoms with Crippen molar-refractivity contribution in [2.75, 3.05) is 5.73 Å². The van der Waals surface area contributed by atoms with Gasteiger partial charge in [0.1, 0.15) is 12.0 Å². The summed E-state index contributed by atoms with van der Waals surface area (Å²) in [6.45, 7) is 0. The predicted octanol–water partition coefficient (Wildman–Crippen LogP) is 1.68. The second-order valence-corrected chi connectivity index (χ2v) is 4.05. The zero-order chi connectivity index (χ0) is 14.8. The monoisotopic (exact) mass is 284 g/mol. The molecule has 21 heavy (non-hydrogen) atoms. The standard InChI is InChI=1S/C12H8N6O3/c13-9-5-7(18(19)20)1-2-8(9)12-16-11(17-21-12)10-3-4-14-6-15-10/h1-6H,13H2. The fourth-order valence-electron chi connectivity index (χ4n) is 1.72. The Labute approximate surface area is 117 Å². The summed E-state index contributed by atoms with van der Waals surface area (Å²) in [5.41, 5.74) is 6.78. The molecule has 1 aromatic carbocycles. The average molecular weight is 284 g/mol. The van der Waals surface area contributed by atoms with Crippen molar-refractivity contribution in [3.63, 3.8) is 0 Å². The zero-order valence-electron chi connectivity index (χ0n) is 10.5. The molecule has 0 aliphatic carbocycles. The van der Waals surface area contributed by atoms with Crippen molar-refractivity contribution in [1.29, 1.82) is 0 Å². The van der Waals surface area contributed by atoms with E-state index >= 15 is 0 Å². The highest BCUT2D eigenvalue weighted by molar-refractivity contribution is 5.73. The van der Waals surface area contributed by atoms with Gasteiger partial charge in [0.25, 0.3) is 11.6 Å². The fourth-order valence-corrected chi connectivity index (χ4v) is 1.72. The van der Waals surface area contributed by atoms with Gasteiger partial charge in [-0.25, -0.2) is 9.97 Å². The molecule has 2 N–H and O–H groups in total. The van der Waals surface area contributed by atoms with Crippen LogP contribution in [0.5, 0.6) is 0 Å². The smallest absolute Gasteiger partial charge is 0.271 e. The number of rotatable bonds is 3. The first-order valence-corrected chi connectivity index (χ1v) is 5.79. The minimum Gasteiger partial charge on any atom is -0.398 e. The van der Waals surface area contributed by atoms with E-state index < -0.39 is 4.92 Å². The van der Waals surface area contributed by atoms with E-state index in [0.29, 0.717) is 11.3 Å². The van der Waals surface area contributed by atoms with E-state index in [0.717, 1.165) is 0 Å². The molecule has 0 unspecified atom stereocenters. The molecular weight excluding hydrogens is 276 g/mol. The van der Waals surface area contributed by atoms with E-state index in [1.165, 1.54) is 24.5 Å². The van der Waals surface area contributed by atoms with Gasteiger partial charge in [-0.1, -0.05) is 5.16 Å². The molecule has 3 aromatic rings. The highest BCUT2D eigenvalue weighted by Crippen LogP contribution is 2.29. The second-order valence-electron chi connectivity index (χ2n) is 4.05. The SMILES string of the molecule is Nc1cc([N+](=O)[O-])ccc1-c1nc(-c2ccncn2)no1. The summed E-state index contributed by atoms with van der Waals surface area (Å²) in [4.78, 5) is 22.1. The van der Waals surface area contributed by atoms with Crippen LogP contribution in [-0.2, 0) is 0 Å². The molecule has 0 radical (unpaired) electrons. The summed E-state index contributed by atoms with van der Waals surface area (Å²) in [5.74, 6) is 0.446. The van der Waals surface area contributed by atoms with Crippen LogP contribution in [0.4, 0.5) is 11.4 Å². The topological polar surface area (TPSA) is 134 Å². The van der Waals surface area contributed by atoms with Crippen LogP contribution in [0.15, 0.2) is 41.3 Å². The van der Waals surface area contributed by atoms with E-state index in [9.17, 15) is 10.1 Å². The van der Waals surface area contributed by atoms with Crippen molar-refractivity contribution < 1.29 is 9.45 Å². The maximum absolute atomic E-state index is 10.7. The van der Waals surface area contributed by atoms with Crippen LogP contribution in [0.1, 0.15) is 0 Å². The third kappa shape index (κ3) is 2.39. The molecule has 0 aliphatic heterocycles. The Morgan fingerprint density at radius 1 is 1.29 bits per heavy atom. The number of nitro groups is 1. The first kappa shape index (κ1) is 12.7. The number of hydrogen-bond donors (Lipinski definition) is 1. The fraction of sp³-hybridized carbons (Fsp3) is 0. The molecule has 0 aliphatic rings. The van der Waals surface area contributed by atoms with Crippen LogP contribution in [-0.4, -0.2) is 25.0 Å². The molecule has 104 valence electrons. The molecule has 2 aromatic heterocycles. The summed E-state index contributed by atoms with van der Waals surface area (Å²) in [5, 5.41) is 14.5. The van der Waals surface area contributed by atoms with E-state index in [4.69, 9.17) is 10.3 Å². The van der Waals surface area contributed by atoms with E-state index in [1.54, 1.807) is 12.3 Å². The molecule has 3 rings (SSSR count). The van der Waals surface area contributed by atoms with Gasteiger partial charge in [-0.3, -0.25) is 10.1 Å². The number of benzene rings is 1. The molecule has 0 atom stereocenters. The lowest BCUT2D eigenvalue weighted by molar-refractivity contribution is -0.384. The van der Waals surface area contributed by atoms with Crippen molar-refractivity contribution in [1.82, 2.24) is 20.1 Å². The van der Waals surface area contributed by atoms with Gasteiger partial charge < -0.3 is 10.3 Å². The molecule has 9 heteroatoms. The molecule has 0 spiro atoms. The quantitative estimate of drug-likeness (QED) is 0.436. The summed E-state index contributed by atoms with van der Waals surface area (Å²) in [6, 6.07) is 5.66. The molecule has 9 nitrogen and oxygen atoms in total. The highest BCUT2D eigenvalue weighted by atomic mass is 16.6. The number of nitrogen functional groups attached to an aromatic ring is 1. The van der Waals surface area contributed by atoms with E-state index in [-0.39, 0.29) is 23.1 Å². The lowest BCUT2D eigenvalue weighted by Gasteiger charge is -1.99. The van der Waals surface area contributed by atoms with Gasteiger partial charge >= 0.3 is 0 Å². The van der Waals surface area contributed by atoms with Crippen LogP contribution >= 0.6 is 0 Å². The summed E-state index contributed by atoms with van der Waals surface area (Å²) in [6.07, 6.45) is 2.92. The van der Waals surface area contributed by atoms with Crippen LogP contribution in [0.25, 0.3) is 23.0 Å². The Bertz CT molecular complexity index is 802. The number of nitrogens with two attached hydrogens (primary N) is 1. The van der Waals surface area contributed by atoms with Gasteiger partial charge in [0.05, 0.1) is 16.2 Å². The largest absolute Gasteiger partial charge is 0.398 e. The van der Waals surface area contributed by atoms with Crippen LogP contribution in [0.2, 0.25) is 0 Å². The third-order valence-electron chi connectivity index (χ3n) is 2.71. The first-order valence-electron chi connectivity index (χ1n) is 5.79. The molecular formula is C12H8N6O3. The second kappa shape index (κ2) is 4.96. The van der Waals surface area contributed by atoms with Crippen LogP contribution in [0, 0.1) is 10.1 Å². The van der Waals surface area contributed by atoms with Crippen LogP contribution < -0.4 is 5.73 Å². The Morgan fingerprint density at radius 2 is 2.14 bits per heavy atom. The number of nitrogens with zero attached hydrogens (tertiary/aromatic N) is 5. The summed E-state index contributed by atoms with van der Waals surface area (Å²) in [7, 11) is 0. The van der Waals surface area contributed by atoms with Gasteiger partial charge in [0.15, 0.2) is 0 Å². The Morgan fingerprint density at radius 3 is 2.81 bits per heavy atom. The Kier molecular flexibility index (Phi) is 2.99. The molecule has 0 saturated heterocycles. The van der Waals surface area contributed by atoms with Gasteiger partial charge in [-0.2, -0.15) is 4.98 Å². The zero-order valence-corrected chi connectivity index (χ0v) is 10.5. The van der Waals surface area contributed by atoms with Crippen LogP contribution in [0.3, 0.4) is 0 Å². The third-order valence-corrected chi connectivity index (χ3v) is 2.71. The molecule has 0 fully saturated rings. The number of aromatic nitrogens is 4. The minimum atomic E-state index is -0.528. The van der Waals surface area contributed by atoms with Gasteiger partial charge in [-0.05, 0) is 12.1 Å². The van der Waals surface area contributed by atoms with Crippen molar-refractivity contribution in [2.45, 2.75) is 0 Å². The lowest BCUT2D eigenvalue weighted by atomic mass is 10.1. The van der Waals surface area contributed by atoms with Gasteiger partial charge in [0, 0.05) is 18.3 Å². The minimum absolute atomic E-state index is 0.105. The number of non-ortho nitro benzene ring substituents is 1. The number of anilines is 1. The van der Waals surface area contributed by atoms with Crippen molar-refractivity contribution in [3.8, 4) is 23.0 Å². The maximum Gasteiger partial charge on any atom is 0.271 e. The van der Waals surface area contributed by atoms with E-state index in [1.807, 2.05) is 0 Å². The highest BCUT2D eigenvalue weighted by Gasteiger charge is 2.16. The molecule has 0 amide bonds. The first-order chi connectivity index (χ1) is 10.1. The molecule has 0 saturated carbocycles. The lowest BCUT2D eigenvalue weighted by Crippen LogP contribution is -1.94. The van der Waals surface area contributed by atoms with Crippen molar-refractivity contribution in [2.24, 2.45) is 0 Å². The summed E-state index contributed by atoms with van der Waals surface area (Å²) < 4.78 is 5.11. The Hall–Kier alpha value is -3.36.